The Bertz CT molecular complexity index is 961. The predicted octanol–water partition coefficient (Wildman–Crippen LogP) is 2.43. The van der Waals surface area contributed by atoms with Crippen molar-refractivity contribution in [3.05, 3.63) is 47.4 Å². The highest BCUT2D eigenvalue weighted by Crippen LogP contribution is 2.34. The number of carbonyl (C=O) groups is 4. The SMILES string of the molecule is CCOC(=O)CCC(=O)c1ccc2c(c1)N(Cc1ccc(C(=O)O)o1)C(=O)CO2. The zero-order valence-electron chi connectivity index (χ0n) is 15.7. The number of anilines is 1. The maximum Gasteiger partial charge on any atom is 0.371 e. The van der Waals surface area contributed by atoms with E-state index in [9.17, 15) is 19.2 Å². The Hall–Kier alpha value is -3.62. The van der Waals surface area contributed by atoms with E-state index in [0.717, 1.165) is 0 Å². The second-order valence-electron chi connectivity index (χ2n) is 6.25. The normalized spacial score (nSPS) is 12.9. The van der Waals surface area contributed by atoms with Crippen LogP contribution in [-0.4, -0.2) is 41.9 Å². The molecule has 0 spiro atoms. The van der Waals surface area contributed by atoms with Crippen molar-refractivity contribution in [2.75, 3.05) is 18.1 Å². The molecule has 9 nitrogen and oxygen atoms in total. The van der Waals surface area contributed by atoms with Gasteiger partial charge in [-0.25, -0.2) is 4.79 Å². The topological polar surface area (TPSA) is 123 Å². The second kappa shape index (κ2) is 8.59. The van der Waals surface area contributed by atoms with Gasteiger partial charge in [0.15, 0.2) is 12.4 Å². The van der Waals surface area contributed by atoms with Crippen LogP contribution in [0.15, 0.2) is 34.7 Å². The van der Waals surface area contributed by atoms with Gasteiger partial charge in [-0.05, 0) is 37.3 Å². The number of carboxylic acids is 1. The first-order valence-corrected chi connectivity index (χ1v) is 8.97. The number of esters is 1. The third-order valence-electron chi connectivity index (χ3n) is 4.27. The van der Waals surface area contributed by atoms with Crippen LogP contribution in [-0.2, 0) is 20.9 Å². The largest absolute Gasteiger partial charge is 0.482 e. The van der Waals surface area contributed by atoms with Gasteiger partial charge in [0.25, 0.3) is 5.91 Å². The minimum Gasteiger partial charge on any atom is -0.482 e. The minimum absolute atomic E-state index is 0.0110. The molecule has 0 aliphatic carbocycles. The van der Waals surface area contributed by atoms with Crippen molar-refractivity contribution in [3.63, 3.8) is 0 Å². The summed E-state index contributed by atoms with van der Waals surface area (Å²) in [6.45, 7) is 1.74. The minimum atomic E-state index is -1.21. The van der Waals surface area contributed by atoms with Crippen molar-refractivity contribution in [2.24, 2.45) is 0 Å². The molecule has 1 aliphatic rings. The number of fused-ring (bicyclic) bond motifs is 1. The number of ketones is 1. The van der Waals surface area contributed by atoms with E-state index in [0.29, 0.717) is 17.0 Å². The predicted molar refractivity (Wildman–Crippen MR) is 99.0 cm³/mol. The molecule has 29 heavy (non-hydrogen) atoms. The van der Waals surface area contributed by atoms with E-state index in [1.54, 1.807) is 19.1 Å². The van der Waals surface area contributed by atoms with Gasteiger partial charge < -0.3 is 19.0 Å². The Balaban J connectivity index is 1.80. The maximum absolute atomic E-state index is 12.4. The molecule has 0 radical (unpaired) electrons. The van der Waals surface area contributed by atoms with Crippen molar-refractivity contribution in [2.45, 2.75) is 26.3 Å². The molecule has 0 saturated heterocycles. The number of ether oxygens (including phenoxy) is 2. The fraction of sp³-hybridized carbons (Fsp3) is 0.300. The van der Waals surface area contributed by atoms with Gasteiger partial charge in [0, 0.05) is 12.0 Å². The van der Waals surface area contributed by atoms with Crippen LogP contribution in [0.5, 0.6) is 5.75 Å². The van der Waals surface area contributed by atoms with E-state index in [1.807, 2.05) is 0 Å². The molecule has 0 bridgehead atoms. The van der Waals surface area contributed by atoms with Crippen LogP contribution in [0.1, 0.15) is 46.4 Å². The fourth-order valence-corrected chi connectivity index (χ4v) is 2.88. The molecule has 1 aromatic carbocycles. The van der Waals surface area contributed by atoms with Crippen molar-refractivity contribution < 1.29 is 38.2 Å². The standard InChI is InChI=1S/C20H19NO8/c1-2-27-19(24)8-5-15(22)12-3-6-16-14(9-12)21(18(23)11-28-16)10-13-4-7-17(29-13)20(25)26/h3-4,6-7,9H,2,5,8,10-11H2,1H3,(H,25,26). The fourth-order valence-electron chi connectivity index (χ4n) is 2.88. The van der Waals surface area contributed by atoms with Crippen LogP contribution in [0.4, 0.5) is 5.69 Å². The molecule has 1 amide bonds. The van der Waals surface area contributed by atoms with E-state index < -0.39 is 11.9 Å². The maximum atomic E-state index is 12.4. The number of hydrogen-bond acceptors (Lipinski definition) is 7. The Kier molecular flexibility index (Phi) is 5.96. The average molecular weight is 401 g/mol. The molecule has 9 heteroatoms. The number of furan rings is 1. The number of carboxylic acid groups (broad SMARTS) is 1. The summed E-state index contributed by atoms with van der Waals surface area (Å²) in [7, 11) is 0. The van der Waals surface area contributed by atoms with Crippen molar-refractivity contribution in [1.29, 1.82) is 0 Å². The summed E-state index contributed by atoms with van der Waals surface area (Å²) in [5.74, 6) is -1.83. The lowest BCUT2D eigenvalue weighted by Crippen LogP contribution is -2.38. The molecule has 0 atom stereocenters. The molecule has 1 aliphatic heterocycles. The second-order valence-corrected chi connectivity index (χ2v) is 6.25. The van der Waals surface area contributed by atoms with Crippen molar-refractivity contribution in [3.8, 4) is 5.75 Å². The molecule has 2 heterocycles. The van der Waals surface area contributed by atoms with Crippen molar-refractivity contribution in [1.82, 2.24) is 0 Å². The molecule has 1 aromatic heterocycles. The summed E-state index contributed by atoms with van der Waals surface area (Å²) in [5.41, 5.74) is 0.693. The number of aromatic carboxylic acids is 1. The first kappa shape index (κ1) is 20.1. The van der Waals surface area contributed by atoms with Gasteiger partial charge >= 0.3 is 11.9 Å². The molecule has 2 aromatic rings. The Labute approximate surface area is 165 Å². The van der Waals surface area contributed by atoms with E-state index in [2.05, 4.69) is 0 Å². The first-order valence-electron chi connectivity index (χ1n) is 8.97. The molecule has 0 saturated carbocycles. The van der Waals surface area contributed by atoms with E-state index in [4.69, 9.17) is 19.0 Å². The first-order chi connectivity index (χ1) is 13.9. The van der Waals surface area contributed by atoms with E-state index >= 15 is 0 Å². The van der Waals surface area contributed by atoms with Gasteiger partial charge in [0.2, 0.25) is 5.76 Å². The van der Waals surface area contributed by atoms with Crippen LogP contribution in [0.2, 0.25) is 0 Å². The van der Waals surface area contributed by atoms with Crippen LogP contribution in [0.3, 0.4) is 0 Å². The molecule has 3 rings (SSSR count). The average Bonchev–Trinajstić information content (AvgIpc) is 3.17. The summed E-state index contributed by atoms with van der Waals surface area (Å²) in [6, 6.07) is 7.44. The van der Waals surface area contributed by atoms with Crippen LogP contribution in [0.25, 0.3) is 0 Å². The Morgan fingerprint density at radius 3 is 2.66 bits per heavy atom. The summed E-state index contributed by atoms with van der Waals surface area (Å²) in [4.78, 5) is 48.6. The van der Waals surface area contributed by atoms with E-state index in [1.165, 1.54) is 23.1 Å². The molecular formula is C20H19NO8. The van der Waals surface area contributed by atoms with Crippen LogP contribution >= 0.6 is 0 Å². The summed E-state index contributed by atoms with van der Waals surface area (Å²) in [6.07, 6.45) is -0.0557. The van der Waals surface area contributed by atoms with Gasteiger partial charge in [-0.2, -0.15) is 0 Å². The number of rotatable bonds is 8. The highest BCUT2D eigenvalue weighted by Gasteiger charge is 2.28. The third kappa shape index (κ3) is 4.63. The number of nitrogens with zero attached hydrogens (tertiary/aromatic N) is 1. The van der Waals surface area contributed by atoms with Gasteiger partial charge in [-0.1, -0.05) is 0 Å². The zero-order chi connectivity index (χ0) is 21.0. The van der Waals surface area contributed by atoms with Gasteiger partial charge in [0.05, 0.1) is 25.3 Å². The van der Waals surface area contributed by atoms with E-state index in [-0.39, 0.29) is 55.8 Å². The van der Waals surface area contributed by atoms with Crippen LogP contribution in [0, 0.1) is 0 Å². The molecule has 0 fully saturated rings. The highest BCUT2D eigenvalue weighted by atomic mass is 16.5. The molecule has 0 unspecified atom stereocenters. The molecular weight excluding hydrogens is 382 g/mol. The number of Topliss-reactive ketones (excluding diaryl/α,β-unsaturated/α-hetero) is 1. The lowest BCUT2D eigenvalue weighted by Gasteiger charge is -2.29. The lowest BCUT2D eigenvalue weighted by molar-refractivity contribution is -0.143. The third-order valence-corrected chi connectivity index (χ3v) is 4.27. The zero-order valence-corrected chi connectivity index (χ0v) is 15.7. The summed E-state index contributed by atoms with van der Waals surface area (Å²) >= 11 is 0. The van der Waals surface area contributed by atoms with Crippen LogP contribution < -0.4 is 9.64 Å². The number of amides is 1. The van der Waals surface area contributed by atoms with Gasteiger partial charge in [0.1, 0.15) is 11.5 Å². The number of hydrogen-bond donors (Lipinski definition) is 1. The van der Waals surface area contributed by atoms with Crippen molar-refractivity contribution >= 4 is 29.3 Å². The Morgan fingerprint density at radius 2 is 1.97 bits per heavy atom. The summed E-state index contributed by atoms with van der Waals surface area (Å²) < 4.78 is 15.5. The summed E-state index contributed by atoms with van der Waals surface area (Å²) in [5, 5.41) is 8.97. The highest BCUT2D eigenvalue weighted by molar-refractivity contribution is 6.02. The van der Waals surface area contributed by atoms with Gasteiger partial charge in [-0.15, -0.1) is 0 Å². The number of benzene rings is 1. The smallest absolute Gasteiger partial charge is 0.371 e. The van der Waals surface area contributed by atoms with Gasteiger partial charge in [-0.3, -0.25) is 19.3 Å². The lowest BCUT2D eigenvalue weighted by atomic mass is 10.0. The quantitative estimate of drug-likeness (QED) is 0.528. The monoisotopic (exact) mass is 401 g/mol. The Morgan fingerprint density at radius 1 is 1.17 bits per heavy atom. The molecule has 1 N–H and O–H groups in total. The molecule has 152 valence electrons. The number of carbonyl (C=O) groups excluding carboxylic acids is 3.